The van der Waals surface area contributed by atoms with Gasteiger partial charge in [0.15, 0.2) is 6.29 Å². The number of hydrogen-bond donors (Lipinski definition) is 0. The highest BCUT2D eigenvalue weighted by Gasteiger charge is 2.34. The fourth-order valence-corrected chi connectivity index (χ4v) is 1.46. The first-order chi connectivity index (χ1) is 4.86. The van der Waals surface area contributed by atoms with Crippen LogP contribution in [-0.4, -0.2) is 31.7 Å². The maximum Gasteiger partial charge on any atom is 0.155 e. The van der Waals surface area contributed by atoms with E-state index >= 15 is 0 Å². The van der Waals surface area contributed by atoms with E-state index in [1.807, 2.05) is 6.92 Å². The molecular weight excluding hydrogens is 132 g/mol. The molecule has 2 saturated heterocycles. The summed E-state index contributed by atoms with van der Waals surface area (Å²) in [5.41, 5.74) is 0. The van der Waals surface area contributed by atoms with Crippen molar-refractivity contribution in [3.05, 3.63) is 0 Å². The van der Waals surface area contributed by atoms with Crippen LogP contribution in [0.2, 0.25) is 0 Å². The Balaban J connectivity index is 1.96. The molecule has 58 valence electrons. The summed E-state index contributed by atoms with van der Waals surface area (Å²) in [5.74, 6) is 0. The van der Waals surface area contributed by atoms with Crippen LogP contribution in [0, 0.1) is 0 Å². The smallest absolute Gasteiger partial charge is 0.155 e. The van der Waals surface area contributed by atoms with Crippen LogP contribution < -0.4 is 0 Å². The molecule has 0 N–H and O–H groups in total. The summed E-state index contributed by atoms with van der Waals surface area (Å²) in [4.78, 5) is 0. The molecule has 3 heteroatoms. The molecule has 0 aromatic carbocycles. The molecule has 2 rings (SSSR count). The minimum Gasteiger partial charge on any atom is -0.373 e. The molecule has 3 unspecified atom stereocenters. The molecule has 0 bridgehead atoms. The van der Waals surface area contributed by atoms with E-state index in [1.165, 1.54) is 0 Å². The zero-order valence-corrected chi connectivity index (χ0v) is 6.08. The van der Waals surface area contributed by atoms with Crippen LogP contribution in [0.5, 0.6) is 0 Å². The summed E-state index contributed by atoms with van der Waals surface area (Å²) in [7, 11) is 0. The standard InChI is InChI=1S/C7H12O3/c1-5-9-4-7-6(10-5)2-3-8-7/h5-7H,2-4H2,1H3. The van der Waals surface area contributed by atoms with Gasteiger partial charge in [-0.3, -0.25) is 0 Å². The van der Waals surface area contributed by atoms with Gasteiger partial charge in [0.1, 0.15) is 6.10 Å². The van der Waals surface area contributed by atoms with E-state index in [-0.39, 0.29) is 12.4 Å². The summed E-state index contributed by atoms with van der Waals surface area (Å²) < 4.78 is 16.1. The zero-order chi connectivity index (χ0) is 6.97. The highest BCUT2D eigenvalue weighted by atomic mass is 16.7. The monoisotopic (exact) mass is 144 g/mol. The van der Waals surface area contributed by atoms with Crippen molar-refractivity contribution in [2.24, 2.45) is 0 Å². The largest absolute Gasteiger partial charge is 0.373 e. The number of fused-ring (bicyclic) bond motifs is 1. The van der Waals surface area contributed by atoms with Crippen LogP contribution in [0.3, 0.4) is 0 Å². The van der Waals surface area contributed by atoms with Gasteiger partial charge in [-0.15, -0.1) is 0 Å². The van der Waals surface area contributed by atoms with Crippen LogP contribution >= 0.6 is 0 Å². The van der Waals surface area contributed by atoms with Gasteiger partial charge in [-0.25, -0.2) is 0 Å². The molecule has 0 aromatic rings. The fourth-order valence-electron chi connectivity index (χ4n) is 1.46. The second-order valence-electron chi connectivity index (χ2n) is 2.77. The number of ether oxygens (including phenoxy) is 3. The first-order valence-electron chi connectivity index (χ1n) is 3.75. The van der Waals surface area contributed by atoms with Crippen molar-refractivity contribution in [2.45, 2.75) is 31.8 Å². The molecule has 0 aliphatic carbocycles. The lowest BCUT2D eigenvalue weighted by Crippen LogP contribution is -2.39. The maximum absolute atomic E-state index is 5.46. The minimum atomic E-state index is -0.0389. The van der Waals surface area contributed by atoms with E-state index < -0.39 is 0 Å². The predicted octanol–water partition coefficient (Wildman–Crippen LogP) is 0.537. The minimum absolute atomic E-state index is 0.0389. The molecule has 2 aliphatic heterocycles. The van der Waals surface area contributed by atoms with Gasteiger partial charge in [0, 0.05) is 6.61 Å². The molecular formula is C7H12O3. The molecule has 0 amide bonds. The van der Waals surface area contributed by atoms with Crippen LogP contribution in [0.4, 0.5) is 0 Å². The van der Waals surface area contributed by atoms with Crippen LogP contribution in [0.25, 0.3) is 0 Å². The second kappa shape index (κ2) is 2.49. The number of rotatable bonds is 0. The quantitative estimate of drug-likeness (QED) is 0.496. The van der Waals surface area contributed by atoms with Crippen molar-refractivity contribution in [1.82, 2.24) is 0 Å². The van der Waals surface area contributed by atoms with E-state index in [9.17, 15) is 0 Å². The summed E-state index contributed by atoms with van der Waals surface area (Å²) >= 11 is 0. The highest BCUT2D eigenvalue weighted by molar-refractivity contribution is 4.79. The third-order valence-corrected chi connectivity index (χ3v) is 2.01. The Hall–Kier alpha value is -0.120. The molecule has 0 aromatic heterocycles. The molecule has 2 heterocycles. The van der Waals surface area contributed by atoms with Crippen LogP contribution in [-0.2, 0) is 14.2 Å². The Morgan fingerprint density at radius 1 is 1.20 bits per heavy atom. The molecule has 2 fully saturated rings. The molecule has 3 nitrogen and oxygen atoms in total. The van der Waals surface area contributed by atoms with Gasteiger partial charge >= 0.3 is 0 Å². The SMILES string of the molecule is CC1OCC2OCCC2O1. The van der Waals surface area contributed by atoms with Crippen molar-refractivity contribution in [3.63, 3.8) is 0 Å². The summed E-state index contributed by atoms with van der Waals surface area (Å²) in [6.07, 6.45) is 1.49. The van der Waals surface area contributed by atoms with Gasteiger partial charge in [-0.05, 0) is 13.3 Å². The molecule has 0 spiro atoms. The normalized spacial score (nSPS) is 47.1. The summed E-state index contributed by atoms with van der Waals surface area (Å²) in [6, 6.07) is 0. The van der Waals surface area contributed by atoms with Gasteiger partial charge < -0.3 is 14.2 Å². The molecule has 0 radical (unpaired) electrons. The van der Waals surface area contributed by atoms with E-state index in [0.717, 1.165) is 13.0 Å². The lowest BCUT2D eigenvalue weighted by atomic mass is 10.2. The average Bonchev–Trinajstić information content (AvgIpc) is 2.33. The first kappa shape index (κ1) is 6.58. The maximum atomic E-state index is 5.46. The second-order valence-corrected chi connectivity index (χ2v) is 2.77. The Morgan fingerprint density at radius 3 is 3.00 bits per heavy atom. The molecule has 2 aliphatic rings. The third-order valence-electron chi connectivity index (χ3n) is 2.01. The Morgan fingerprint density at radius 2 is 2.10 bits per heavy atom. The molecule has 10 heavy (non-hydrogen) atoms. The Kier molecular flexibility index (Phi) is 1.64. The van der Waals surface area contributed by atoms with Gasteiger partial charge in [-0.2, -0.15) is 0 Å². The fraction of sp³-hybridized carbons (Fsp3) is 1.00. The van der Waals surface area contributed by atoms with Gasteiger partial charge in [0.25, 0.3) is 0 Å². The van der Waals surface area contributed by atoms with Crippen molar-refractivity contribution in [3.8, 4) is 0 Å². The van der Waals surface area contributed by atoms with Crippen molar-refractivity contribution >= 4 is 0 Å². The van der Waals surface area contributed by atoms with Gasteiger partial charge in [0.2, 0.25) is 0 Å². The predicted molar refractivity (Wildman–Crippen MR) is 34.6 cm³/mol. The average molecular weight is 144 g/mol. The van der Waals surface area contributed by atoms with Crippen LogP contribution in [0.15, 0.2) is 0 Å². The van der Waals surface area contributed by atoms with Crippen LogP contribution in [0.1, 0.15) is 13.3 Å². The lowest BCUT2D eigenvalue weighted by molar-refractivity contribution is -0.229. The molecule has 0 saturated carbocycles. The molecule has 3 atom stereocenters. The summed E-state index contributed by atoms with van der Waals surface area (Å²) in [6.45, 7) is 3.45. The van der Waals surface area contributed by atoms with Gasteiger partial charge in [0.05, 0.1) is 12.7 Å². The Labute approximate surface area is 60.3 Å². The summed E-state index contributed by atoms with van der Waals surface area (Å²) in [5, 5.41) is 0. The zero-order valence-electron chi connectivity index (χ0n) is 6.08. The topological polar surface area (TPSA) is 27.7 Å². The number of hydrogen-bond acceptors (Lipinski definition) is 3. The van der Waals surface area contributed by atoms with E-state index in [1.54, 1.807) is 0 Å². The Bertz CT molecular complexity index is 126. The lowest BCUT2D eigenvalue weighted by Gasteiger charge is -2.29. The first-order valence-corrected chi connectivity index (χ1v) is 3.75. The third kappa shape index (κ3) is 1.05. The van der Waals surface area contributed by atoms with Crippen molar-refractivity contribution in [2.75, 3.05) is 13.2 Å². The van der Waals surface area contributed by atoms with Crippen molar-refractivity contribution in [1.29, 1.82) is 0 Å². The van der Waals surface area contributed by atoms with Gasteiger partial charge in [-0.1, -0.05) is 0 Å². The van der Waals surface area contributed by atoms with E-state index in [0.29, 0.717) is 12.7 Å². The highest BCUT2D eigenvalue weighted by Crippen LogP contribution is 2.23. The van der Waals surface area contributed by atoms with E-state index in [2.05, 4.69) is 0 Å². The van der Waals surface area contributed by atoms with Crippen molar-refractivity contribution < 1.29 is 14.2 Å². The van der Waals surface area contributed by atoms with E-state index in [4.69, 9.17) is 14.2 Å².